The van der Waals surface area contributed by atoms with Crippen molar-refractivity contribution in [2.75, 3.05) is 4.72 Å². The maximum absolute atomic E-state index is 12.6. The lowest BCUT2D eigenvalue weighted by molar-refractivity contribution is 0.601. The third-order valence-corrected chi connectivity index (χ3v) is 6.75. The predicted octanol–water partition coefficient (Wildman–Crippen LogP) is 4.78. The van der Waals surface area contributed by atoms with E-state index >= 15 is 0 Å². The summed E-state index contributed by atoms with van der Waals surface area (Å²) in [5.41, 5.74) is 4.29. The topological polar surface area (TPSA) is 72.0 Å². The van der Waals surface area contributed by atoms with Gasteiger partial charge in [-0.05, 0) is 73.5 Å². The molecule has 7 heteroatoms. The smallest absolute Gasteiger partial charge is 0.261 e. The first-order valence-corrected chi connectivity index (χ1v) is 10.6. The van der Waals surface area contributed by atoms with Gasteiger partial charge in [0.2, 0.25) is 0 Å². The molecular weight excluding hydrogens is 378 g/mol. The van der Waals surface area contributed by atoms with E-state index in [1.165, 1.54) is 11.3 Å². The molecule has 0 amide bonds. The van der Waals surface area contributed by atoms with Crippen molar-refractivity contribution < 1.29 is 8.42 Å². The highest BCUT2D eigenvalue weighted by Gasteiger charge is 2.15. The largest absolute Gasteiger partial charge is 0.280 e. The molecule has 27 heavy (non-hydrogen) atoms. The van der Waals surface area contributed by atoms with Gasteiger partial charge in [0.15, 0.2) is 0 Å². The second kappa shape index (κ2) is 6.75. The number of hydrogen-bond donors (Lipinski definition) is 1. The molecule has 0 aliphatic rings. The Morgan fingerprint density at radius 2 is 1.74 bits per heavy atom. The molecule has 136 valence electrons. The molecule has 4 aromatic rings. The molecule has 2 heterocycles. The number of anilines is 1. The summed E-state index contributed by atoms with van der Waals surface area (Å²) < 4.78 is 27.8. The van der Waals surface area contributed by atoms with Crippen LogP contribution in [0.1, 0.15) is 11.1 Å². The van der Waals surface area contributed by atoms with Crippen molar-refractivity contribution in [2.45, 2.75) is 18.7 Å². The minimum Gasteiger partial charge on any atom is -0.280 e. The van der Waals surface area contributed by atoms with E-state index < -0.39 is 10.0 Å². The van der Waals surface area contributed by atoms with Crippen molar-refractivity contribution in [3.8, 4) is 10.6 Å². The Hall–Kier alpha value is -2.77. The first-order valence-electron chi connectivity index (χ1n) is 8.34. The van der Waals surface area contributed by atoms with E-state index in [0.29, 0.717) is 5.69 Å². The quantitative estimate of drug-likeness (QED) is 0.540. The van der Waals surface area contributed by atoms with Crippen LogP contribution in [0.4, 0.5) is 5.69 Å². The SMILES string of the molecule is Cc1ccc(S(=O)(=O)Nc2ccc(-c3nc4cccnc4s3)cc2)cc1C. The van der Waals surface area contributed by atoms with Crippen LogP contribution >= 0.6 is 11.3 Å². The fraction of sp³-hybridized carbons (Fsp3) is 0.100. The number of hydrogen-bond acceptors (Lipinski definition) is 5. The van der Waals surface area contributed by atoms with Crippen LogP contribution in [0.25, 0.3) is 20.9 Å². The fourth-order valence-electron chi connectivity index (χ4n) is 2.67. The van der Waals surface area contributed by atoms with E-state index in [4.69, 9.17) is 0 Å². The van der Waals surface area contributed by atoms with Crippen molar-refractivity contribution in [1.29, 1.82) is 0 Å². The lowest BCUT2D eigenvalue weighted by Crippen LogP contribution is -2.13. The standard InChI is InChI=1S/C20H17N3O2S2/c1-13-5-10-17(12-14(13)2)27(24,25)23-16-8-6-15(7-9-16)19-22-18-4-3-11-21-20(18)26-19/h3-12,23H,1-2H3. The molecule has 0 atom stereocenters. The molecule has 0 saturated carbocycles. The molecule has 0 radical (unpaired) electrons. The van der Waals surface area contributed by atoms with E-state index in [-0.39, 0.29) is 4.90 Å². The molecule has 0 unspecified atom stereocenters. The van der Waals surface area contributed by atoms with E-state index in [1.54, 1.807) is 30.5 Å². The maximum Gasteiger partial charge on any atom is 0.261 e. The van der Waals surface area contributed by atoms with Crippen LogP contribution in [-0.4, -0.2) is 18.4 Å². The molecule has 2 aromatic heterocycles. The second-order valence-electron chi connectivity index (χ2n) is 6.28. The monoisotopic (exact) mass is 395 g/mol. The molecule has 0 bridgehead atoms. The fourth-order valence-corrected chi connectivity index (χ4v) is 4.73. The van der Waals surface area contributed by atoms with Crippen LogP contribution in [0.2, 0.25) is 0 Å². The normalized spacial score (nSPS) is 11.6. The number of aryl methyl sites for hydroxylation is 2. The Labute approximate surface area is 161 Å². The van der Waals surface area contributed by atoms with Gasteiger partial charge in [-0.1, -0.05) is 17.4 Å². The third-order valence-electron chi connectivity index (χ3n) is 4.34. The molecule has 0 aliphatic heterocycles. The van der Waals surface area contributed by atoms with Gasteiger partial charge in [-0.25, -0.2) is 18.4 Å². The molecule has 4 rings (SSSR count). The van der Waals surface area contributed by atoms with Crippen molar-refractivity contribution in [3.05, 3.63) is 71.9 Å². The summed E-state index contributed by atoms with van der Waals surface area (Å²) in [7, 11) is -3.62. The first kappa shape index (κ1) is 17.6. The molecule has 5 nitrogen and oxygen atoms in total. The number of nitrogens with zero attached hydrogens (tertiary/aromatic N) is 2. The Balaban J connectivity index is 1.59. The van der Waals surface area contributed by atoms with Gasteiger partial charge in [-0.15, -0.1) is 0 Å². The molecule has 2 aromatic carbocycles. The van der Waals surface area contributed by atoms with Crippen molar-refractivity contribution in [1.82, 2.24) is 9.97 Å². The number of nitrogens with one attached hydrogen (secondary N) is 1. The third kappa shape index (κ3) is 3.56. The van der Waals surface area contributed by atoms with Crippen molar-refractivity contribution in [2.24, 2.45) is 0 Å². The van der Waals surface area contributed by atoms with Gasteiger partial charge in [-0.3, -0.25) is 4.72 Å². The Bertz CT molecular complexity index is 1200. The number of pyridine rings is 1. The summed E-state index contributed by atoms with van der Waals surface area (Å²) in [5.74, 6) is 0. The van der Waals surface area contributed by atoms with Crippen LogP contribution in [-0.2, 0) is 10.0 Å². The first-order chi connectivity index (χ1) is 12.9. The lowest BCUT2D eigenvalue weighted by atomic mass is 10.1. The van der Waals surface area contributed by atoms with Crippen LogP contribution in [0, 0.1) is 13.8 Å². The van der Waals surface area contributed by atoms with Gasteiger partial charge in [0.25, 0.3) is 10.0 Å². The zero-order valence-electron chi connectivity index (χ0n) is 14.8. The zero-order chi connectivity index (χ0) is 19.0. The van der Waals surface area contributed by atoms with Crippen molar-refractivity contribution >= 4 is 37.4 Å². The Morgan fingerprint density at radius 1 is 0.963 bits per heavy atom. The Morgan fingerprint density at radius 3 is 2.44 bits per heavy atom. The number of rotatable bonds is 4. The van der Waals surface area contributed by atoms with Gasteiger partial charge in [0, 0.05) is 17.4 Å². The van der Waals surface area contributed by atoms with Crippen molar-refractivity contribution in [3.63, 3.8) is 0 Å². The maximum atomic E-state index is 12.6. The summed E-state index contributed by atoms with van der Waals surface area (Å²) in [6, 6.07) is 16.1. The molecular formula is C20H17N3O2S2. The van der Waals surface area contributed by atoms with Crippen LogP contribution in [0.5, 0.6) is 0 Å². The zero-order valence-corrected chi connectivity index (χ0v) is 16.4. The summed E-state index contributed by atoms with van der Waals surface area (Å²) in [5, 5.41) is 0.854. The minimum absolute atomic E-state index is 0.256. The number of fused-ring (bicyclic) bond motifs is 1. The minimum atomic E-state index is -3.62. The molecule has 1 N–H and O–H groups in total. The van der Waals surface area contributed by atoms with E-state index in [2.05, 4.69) is 14.7 Å². The number of benzene rings is 2. The number of thiazole rings is 1. The van der Waals surface area contributed by atoms with Gasteiger partial charge in [0.05, 0.1) is 4.90 Å². The van der Waals surface area contributed by atoms with Gasteiger partial charge < -0.3 is 0 Å². The van der Waals surface area contributed by atoms with E-state index in [0.717, 1.165) is 32.0 Å². The molecule has 0 aliphatic carbocycles. The average Bonchev–Trinajstić information content (AvgIpc) is 3.08. The lowest BCUT2D eigenvalue weighted by Gasteiger charge is -2.10. The van der Waals surface area contributed by atoms with E-state index in [9.17, 15) is 8.42 Å². The van der Waals surface area contributed by atoms with E-state index in [1.807, 2.05) is 44.2 Å². The highest BCUT2D eigenvalue weighted by atomic mass is 32.2. The Kier molecular flexibility index (Phi) is 4.41. The predicted molar refractivity (Wildman–Crippen MR) is 110 cm³/mol. The molecule has 0 spiro atoms. The summed E-state index contributed by atoms with van der Waals surface area (Å²) in [4.78, 5) is 10.0. The van der Waals surface area contributed by atoms with Crippen LogP contribution < -0.4 is 4.72 Å². The average molecular weight is 396 g/mol. The highest BCUT2D eigenvalue weighted by molar-refractivity contribution is 7.92. The van der Waals surface area contributed by atoms with Gasteiger partial charge in [-0.2, -0.15) is 0 Å². The summed E-state index contributed by atoms with van der Waals surface area (Å²) >= 11 is 1.51. The number of sulfonamides is 1. The van der Waals surface area contributed by atoms with Gasteiger partial charge in [0.1, 0.15) is 15.4 Å². The van der Waals surface area contributed by atoms with Gasteiger partial charge >= 0.3 is 0 Å². The van der Waals surface area contributed by atoms with Crippen LogP contribution in [0.3, 0.4) is 0 Å². The highest BCUT2D eigenvalue weighted by Crippen LogP contribution is 2.29. The summed E-state index contributed by atoms with van der Waals surface area (Å²) in [6.45, 7) is 3.85. The number of aromatic nitrogens is 2. The van der Waals surface area contributed by atoms with Crippen LogP contribution in [0.15, 0.2) is 65.7 Å². The molecule has 0 fully saturated rings. The second-order valence-corrected chi connectivity index (χ2v) is 8.94. The summed E-state index contributed by atoms with van der Waals surface area (Å²) in [6.07, 6.45) is 1.75. The molecule has 0 saturated heterocycles.